The fraction of sp³-hybridized carbons (Fsp3) is 0.125. The molecule has 1 heterocycles. The SMILES string of the molecule is CNC(c1cc2cc(F)ccc2o1)c1cc(F)ccc1Br. The van der Waals surface area contributed by atoms with Gasteiger partial charge in [0.05, 0.1) is 6.04 Å². The lowest BCUT2D eigenvalue weighted by molar-refractivity contribution is 0.488. The summed E-state index contributed by atoms with van der Waals surface area (Å²) in [6.07, 6.45) is 0. The van der Waals surface area contributed by atoms with Crippen molar-refractivity contribution in [2.75, 3.05) is 7.05 Å². The number of fused-ring (bicyclic) bond motifs is 1. The summed E-state index contributed by atoms with van der Waals surface area (Å²) in [5, 5.41) is 3.77. The molecule has 3 rings (SSSR count). The highest BCUT2D eigenvalue weighted by Gasteiger charge is 2.20. The molecule has 0 fully saturated rings. The van der Waals surface area contributed by atoms with Crippen LogP contribution in [-0.4, -0.2) is 7.05 Å². The molecule has 0 aliphatic rings. The largest absolute Gasteiger partial charge is 0.459 e. The van der Waals surface area contributed by atoms with Crippen molar-refractivity contribution >= 4 is 26.9 Å². The number of furan rings is 1. The van der Waals surface area contributed by atoms with Gasteiger partial charge in [-0.3, -0.25) is 0 Å². The third-order valence-electron chi connectivity index (χ3n) is 3.34. The van der Waals surface area contributed by atoms with Crippen LogP contribution in [0.4, 0.5) is 8.78 Å². The van der Waals surface area contributed by atoms with E-state index in [0.717, 1.165) is 10.0 Å². The highest BCUT2D eigenvalue weighted by atomic mass is 79.9. The number of hydrogen-bond acceptors (Lipinski definition) is 2. The van der Waals surface area contributed by atoms with Crippen molar-refractivity contribution in [2.24, 2.45) is 0 Å². The van der Waals surface area contributed by atoms with E-state index in [1.54, 1.807) is 25.2 Å². The standard InChI is InChI=1S/C16H12BrF2NO/c1-20-16(12-8-11(19)2-4-13(12)17)15-7-9-6-10(18)3-5-14(9)21-15/h2-8,16,20H,1H3. The second kappa shape index (κ2) is 5.58. The van der Waals surface area contributed by atoms with Crippen molar-refractivity contribution in [3.8, 4) is 0 Å². The molecule has 2 aromatic carbocycles. The van der Waals surface area contributed by atoms with Crippen molar-refractivity contribution in [3.05, 3.63) is 69.9 Å². The predicted octanol–water partition coefficient (Wildman–Crippen LogP) is 4.78. The van der Waals surface area contributed by atoms with Gasteiger partial charge in [-0.2, -0.15) is 0 Å². The number of benzene rings is 2. The maximum Gasteiger partial charge on any atom is 0.134 e. The molecule has 21 heavy (non-hydrogen) atoms. The Kier molecular flexibility index (Phi) is 3.78. The molecule has 0 aliphatic carbocycles. The quantitative estimate of drug-likeness (QED) is 0.734. The maximum atomic E-state index is 13.5. The Bertz CT molecular complexity index is 800. The average molecular weight is 352 g/mol. The lowest BCUT2D eigenvalue weighted by Crippen LogP contribution is -2.17. The number of halogens is 3. The molecule has 5 heteroatoms. The molecular formula is C16H12BrF2NO. The second-order valence-electron chi connectivity index (χ2n) is 4.72. The molecule has 1 aromatic heterocycles. The van der Waals surface area contributed by atoms with Crippen LogP contribution >= 0.6 is 15.9 Å². The highest BCUT2D eigenvalue weighted by Crippen LogP contribution is 2.32. The van der Waals surface area contributed by atoms with Crippen molar-refractivity contribution < 1.29 is 13.2 Å². The fourth-order valence-corrected chi connectivity index (χ4v) is 2.84. The molecule has 108 valence electrons. The first-order chi connectivity index (χ1) is 10.1. The molecule has 0 saturated carbocycles. The van der Waals surface area contributed by atoms with Crippen LogP contribution in [-0.2, 0) is 0 Å². The molecule has 0 bridgehead atoms. The van der Waals surface area contributed by atoms with Gasteiger partial charge in [-0.05, 0) is 55.1 Å². The minimum absolute atomic E-state index is 0.317. The molecule has 1 atom stereocenters. The van der Waals surface area contributed by atoms with Gasteiger partial charge in [-0.15, -0.1) is 0 Å². The van der Waals surface area contributed by atoms with Crippen LogP contribution in [0.2, 0.25) is 0 Å². The highest BCUT2D eigenvalue weighted by molar-refractivity contribution is 9.10. The topological polar surface area (TPSA) is 25.2 Å². The van der Waals surface area contributed by atoms with Gasteiger partial charge in [-0.1, -0.05) is 15.9 Å². The van der Waals surface area contributed by atoms with E-state index in [2.05, 4.69) is 21.2 Å². The monoisotopic (exact) mass is 351 g/mol. The van der Waals surface area contributed by atoms with Crippen LogP contribution in [0, 0.1) is 11.6 Å². The van der Waals surface area contributed by atoms with Gasteiger partial charge in [0, 0.05) is 9.86 Å². The first kappa shape index (κ1) is 14.2. The van der Waals surface area contributed by atoms with Crippen LogP contribution in [0.3, 0.4) is 0 Å². The fourth-order valence-electron chi connectivity index (χ4n) is 2.36. The van der Waals surface area contributed by atoms with E-state index >= 15 is 0 Å². The zero-order chi connectivity index (χ0) is 15.0. The number of hydrogen-bond donors (Lipinski definition) is 1. The summed E-state index contributed by atoms with van der Waals surface area (Å²) in [4.78, 5) is 0. The summed E-state index contributed by atoms with van der Waals surface area (Å²) in [5.74, 6) is -0.0391. The summed E-state index contributed by atoms with van der Waals surface area (Å²) in [7, 11) is 1.76. The van der Waals surface area contributed by atoms with Gasteiger partial charge >= 0.3 is 0 Å². The van der Waals surface area contributed by atoms with Gasteiger partial charge < -0.3 is 9.73 Å². The van der Waals surface area contributed by atoms with Crippen LogP contribution in [0.5, 0.6) is 0 Å². The summed E-state index contributed by atoms with van der Waals surface area (Å²) in [5.41, 5.74) is 1.32. The molecule has 0 radical (unpaired) electrons. The zero-order valence-corrected chi connectivity index (χ0v) is 12.7. The zero-order valence-electron chi connectivity index (χ0n) is 11.2. The molecule has 0 amide bonds. The minimum Gasteiger partial charge on any atom is -0.459 e. The number of rotatable bonds is 3. The Labute approximate surface area is 128 Å². The molecule has 0 aliphatic heterocycles. The lowest BCUT2D eigenvalue weighted by atomic mass is 10.0. The van der Waals surface area contributed by atoms with E-state index < -0.39 is 0 Å². The van der Waals surface area contributed by atoms with Crippen molar-refractivity contribution in [2.45, 2.75) is 6.04 Å². The molecule has 0 spiro atoms. The van der Waals surface area contributed by atoms with Gasteiger partial charge in [0.25, 0.3) is 0 Å². The lowest BCUT2D eigenvalue weighted by Gasteiger charge is -2.15. The molecular weight excluding hydrogens is 340 g/mol. The molecule has 1 N–H and O–H groups in total. The van der Waals surface area contributed by atoms with Crippen molar-refractivity contribution in [3.63, 3.8) is 0 Å². The van der Waals surface area contributed by atoms with Crippen LogP contribution in [0.25, 0.3) is 11.0 Å². The Morgan fingerprint density at radius 2 is 1.76 bits per heavy atom. The Morgan fingerprint density at radius 1 is 1.05 bits per heavy atom. The first-order valence-corrected chi connectivity index (χ1v) is 7.19. The van der Waals surface area contributed by atoms with Gasteiger partial charge in [0.2, 0.25) is 0 Å². The maximum absolute atomic E-state index is 13.5. The van der Waals surface area contributed by atoms with E-state index in [0.29, 0.717) is 16.7 Å². The normalized spacial score (nSPS) is 12.8. The van der Waals surface area contributed by atoms with Gasteiger partial charge in [0.15, 0.2) is 0 Å². The first-order valence-electron chi connectivity index (χ1n) is 6.39. The average Bonchev–Trinajstić information content (AvgIpc) is 2.86. The van der Waals surface area contributed by atoms with Crippen LogP contribution in [0.1, 0.15) is 17.4 Å². The van der Waals surface area contributed by atoms with Gasteiger partial charge in [-0.25, -0.2) is 8.78 Å². The van der Waals surface area contributed by atoms with E-state index in [-0.39, 0.29) is 17.7 Å². The summed E-state index contributed by atoms with van der Waals surface area (Å²) >= 11 is 3.42. The summed E-state index contributed by atoms with van der Waals surface area (Å²) in [6.45, 7) is 0. The number of nitrogens with one attached hydrogen (secondary N) is 1. The summed E-state index contributed by atoms with van der Waals surface area (Å²) < 4.78 is 33.3. The van der Waals surface area contributed by atoms with E-state index in [1.807, 2.05) is 0 Å². The molecule has 2 nitrogen and oxygen atoms in total. The summed E-state index contributed by atoms with van der Waals surface area (Å²) in [6, 6.07) is 10.3. The van der Waals surface area contributed by atoms with E-state index in [9.17, 15) is 8.78 Å². The van der Waals surface area contributed by atoms with E-state index in [4.69, 9.17) is 4.42 Å². The predicted molar refractivity (Wildman–Crippen MR) is 81.2 cm³/mol. The van der Waals surface area contributed by atoms with Gasteiger partial charge in [0.1, 0.15) is 23.0 Å². The smallest absolute Gasteiger partial charge is 0.134 e. The second-order valence-corrected chi connectivity index (χ2v) is 5.57. The third-order valence-corrected chi connectivity index (χ3v) is 4.06. The molecule has 1 unspecified atom stereocenters. The van der Waals surface area contributed by atoms with Crippen LogP contribution < -0.4 is 5.32 Å². The Hall–Kier alpha value is -1.72. The Balaban J connectivity index is 2.11. The molecule has 0 saturated heterocycles. The molecule has 3 aromatic rings. The van der Waals surface area contributed by atoms with Crippen LogP contribution in [0.15, 0.2) is 51.4 Å². The minimum atomic E-state index is -0.328. The third kappa shape index (κ3) is 2.71. The Morgan fingerprint density at radius 3 is 2.52 bits per heavy atom. The van der Waals surface area contributed by atoms with Crippen molar-refractivity contribution in [1.82, 2.24) is 5.32 Å². The van der Waals surface area contributed by atoms with Crippen molar-refractivity contribution in [1.29, 1.82) is 0 Å². The van der Waals surface area contributed by atoms with E-state index in [1.165, 1.54) is 24.3 Å².